The third kappa shape index (κ3) is 2.32. The number of hydrogen-bond donors (Lipinski definition) is 2. The summed E-state index contributed by atoms with van der Waals surface area (Å²) in [6.45, 7) is 3.74. The zero-order valence-corrected chi connectivity index (χ0v) is 7.76. The fraction of sp³-hybridized carbons (Fsp3) is 0.444. The maximum atomic E-state index is 11.4. The molecule has 72 valence electrons. The minimum Gasteiger partial charge on any atom is -0.466 e. The monoisotopic (exact) mass is 183 g/mol. The van der Waals surface area contributed by atoms with Gasteiger partial charge in [-0.25, -0.2) is 0 Å². The number of nitrogens with one attached hydrogen (secondary N) is 1. The van der Waals surface area contributed by atoms with E-state index in [-0.39, 0.29) is 19.1 Å². The van der Waals surface area contributed by atoms with Crippen LogP contribution in [-0.4, -0.2) is 24.2 Å². The maximum absolute atomic E-state index is 11.4. The van der Waals surface area contributed by atoms with Crippen molar-refractivity contribution in [1.29, 1.82) is 0 Å². The van der Waals surface area contributed by atoms with Gasteiger partial charge in [-0.05, 0) is 19.9 Å². The van der Waals surface area contributed by atoms with Crippen LogP contribution in [0.1, 0.15) is 21.9 Å². The van der Waals surface area contributed by atoms with Crippen molar-refractivity contribution in [1.82, 2.24) is 5.32 Å². The molecular formula is C9H13NO3. The Morgan fingerprint density at radius 2 is 2.31 bits per heavy atom. The number of aryl methyl sites for hydroxylation is 2. The molecule has 1 aromatic rings. The minimum atomic E-state index is -0.205. The van der Waals surface area contributed by atoms with Crippen molar-refractivity contribution in [3.8, 4) is 0 Å². The number of carbonyl (C=O) groups excluding carboxylic acids is 1. The van der Waals surface area contributed by atoms with Crippen LogP contribution in [0.15, 0.2) is 10.5 Å². The SMILES string of the molecule is Cc1cc(C(=O)NCCO)c(C)o1. The van der Waals surface area contributed by atoms with E-state index in [1.165, 1.54) is 0 Å². The third-order valence-electron chi connectivity index (χ3n) is 1.68. The van der Waals surface area contributed by atoms with Gasteiger partial charge in [-0.2, -0.15) is 0 Å². The summed E-state index contributed by atoms with van der Waals surface area (Å²) in [7, 11) is 0. The Morgan fingerprint density at radius 1 is 1.62 bits per heavy atom. The number of amides is 1. The Bertz CT molecular complexity index is 304. The molecule has 0 saturated heterocycles. The molecule has 13 heavy (non-hydrogen) atoms. The normalized spacial score (nSPS) is 10.1. The second kappa shape index (κ2) is 4.09. The lowest BCUT2D eigenvalue weighted by Crippen LogP contribution is -2.26. The predicted octanol–water partition coefficient (Wildman–Crippen LogP) is 0.619. The van der Waals surface area contributed by atoms with Crippen molar-refractivity contribution < 1.29 is 14.3 Å². The average Bonchev–Trinajstić information content (AvgIpc) is 2.41. The van der Waals surface area contributed by atoms with Gasteiger partial charge in [-0.3, -0.25) is 4.79 Å². The largest absolute Gasteiger partial charge is 0.466 e. The van der Waals surface area contributed by atoms with E-state index in [9.17, 15) is 4.79 Å². The lowest BCUT2D eigenvalue weighted by atomic mass is 10.2. The summed E-state index contributed by atoms with van der Waals surface area (Å²) in [4.78, 5) is 11.4. The van der Waals surface area contributed by atoms with Gasteiger partial charge in [0.05, 0.1) is 12.2 Å². The molecule has 0 atom stereocenters. The van der Waals surface area contributed by atoms with Gasteiger partial charge in [-0.1, -0.05) is 0 Å². The Labute approximate surface area is 76.6 Å². The van der Waals surface area contributed by atoms with E-state index in [0.29, 0.717) is 17.1 Å². The highest BCUT2D eigenvalue weighted by Crippen LogP contribution is 2.12. The molecule has 0 unspecified atom stereocenters. The van der Waals surface area contributed by atoms with E-state index in [1.54, 1.807) is 19.9 Å². The summed E-state index contributed by atoms with van der Waals surface area (Å²) in [6.07, 6.45) is 0. The van der Waals surface area contributed by atoms with Crippen molar-refractivity contribution >= 4 is 5.91 Å². The van der Waals surface area contributed by atoms with Crippen LogP contribution in [0.3, 0.4) is 0 Å². The van der Waals surface area contributed by atoms with E-state index < -0.39 is 0 Å². The van der Waals surface area contributed by atoms with E-state index in [2.05, 4.69) is 5.32 Å². The molecule has 2 N–H and O–H groups in total. The quantitative estimate of drug-likeness (QED) is 0.722. The molecule has 0 saturated carbocycles. The molecule has 0 aliphatic rings. The average molecular weight is 183 g/mol. The Hall–Kier alpha value is -1.29. The Balaban J connectivity index is 2.70. The van der Waals surface area contributed by atoms with Gasteiger partial charge in [0.15, 0.2) is 0 Å². The van der Waals surface area contributed by atoms with Gasteiger partial charge in [-0.15, -0.1) is 0 Å². The Morgan fingerprint density at radius 3 is 2.77 bits per heavy atom. The summed E-state index contributed by atoms with van der Waals surface area (Å²) in [6, 6.07) is 1.68. The molecule has 0 aliphatic carbocycles. The van der Waals surface area contributed by atoms with E-state index in [4.69, 9.17) is 9.52 Å². The van der Waals surface area contributed by atoms with Crippen molar-refractivity contribution in [3.63, 3.8) is 0 Å². The second-order valence-electron chi connectivity index (χ2n) is 2.81. The first-order valence-electron chi connectivity index (χ1n) is 4.11. The highest BCUT2D eigenvalue weighted by Gasteiger charge is 2.11. The second-order valence-corrected chi connectivity index (χ2v) is 2.81. The number of carbonyl (C=O) groups is 1. The molecular weight excluding hydrogens is 170 g/mol. The van der Waals surface area contributed by atoms with Crippen molar-refractivity contribution in [3.05, 3.63) is 23.2 Å². The highest BCUT2D eigenvalue weighted by atomic mass is 16.3. The highest BCUT2D eigenvalue weighted by molar-refractivity contribution is 5.95. The zero-order chi connectivity index (χ0) is 9.84. The third-order valence-corrected chi connectivity index (χ3v) is 1.68. The smallest absolute Gasteiger partial charge is 0.254 e. The fourth-order valence-electron chi connectivity index (χ4n) is 1.12. The molecule has 0 bridgehead atoms. The van der Waals surface area contributed by atoms with Gasteiger partial charge >= 0.3 is 0 Å². The molecule has 1 amide bonds. The molecule has 0 fully saturated rings. The van der Waals surface area contributed by atoms with Gasteiger partial charge in [0.1, 0.15) is 11.5 Å². The van der Waals surface area contributed by atoms with E-state index in [1.807, 2.05) is 0 Å². The predicted molar refractivity (Wildman–Crippen MR) is 47.6 cm³/mol. The number of hydrogen-bond acceptors (Lipinski definition) is 3. The first-order valence-corrected chi connectivity index (χ1v) is 4.11. The number of rotatable bonds is 3. The summed E-state index contributed by atoms with van der Waals surface area (Å²) in [5.41, 5.74) is 0.533. The standard InChI is InChI=1S/C9H13NO3/c1-6-5-8(7(2)13-6)9(12)10-3-4-11/h5,11H,3-4H2,1-2H3,(H,10,12). The van der Waals surface area contributed by atoms with Crippen LogP contribution in [-0.2, 0) is 0 Å². The molecule has 1 rings (SSSR count). The van der Waals surface area contributed by atoms with Crippen LogP contribution in [0, 0.1) is 13.8 Å². The molecule has 1 heterocycles. The number of furan rings is 1. The summed E-state index contributed by atoms with van der Waals surface area (Å²) >= 11 is 0. The molecule has 0 radical (unpaired) electrons. The molecule has 1 aromatic heterocycles. The molecule has 0 aromatic carbocycles. The van der Waals surface area contributed by atoms with Crippen molar-refractivity contribution in [2.75, 3.05) is 13.2 Å². The topological polar surface area (TPSA) is 62.5 Å². The van der Waals surface area contributed by atoms with Gasteiger partial charge in [0.2, 0.25) is 0 Å². The van der Waals surface area contributed by atoms with E-state index in [0.717, 1.165) is 0 Å². The molecule has 0 aliphatic heterocycles. The number of aliphatic hydroxyl groups excluding tert-OH is 1. The number of aliphatic hydroxyl groups is 1. The molecule has 4 nitrogen and oxygen atoms in total. The van der Waals surface area contributed by atoms with Crippen LogP contribution in [0.5, 0.6) is 0 Å². The van der Waals surface area contributed by atoms with Crippen LogP contribution in [0.2, 0.25) is 0 Å². The van der Waals surface area contributed by atoms with Crippen molar-refractivity contribution in [2.45, 2.75) is 13.8 Å². The first-order chi connectivity index (χ1) is 6.15. The first kappa shape index (κ1) is 9.80. The summed E-state index contributed by atoms with van der Waals surface area (Å²) < 4.78 is 5.19. The van der Waals surface area contributed by atoms with Crippen LogP contribution < -0.4 is 5.32 Å². The summed E-state index contributed by atoms with van der Waals surface area (Å²) in [5, 5.41) is 11.1. The fourth-order valence-corrected chi connectivity index (χ4v) is 1.12. The maximum Gasteiger partial charge on any atom is 0.254 e. The summed E-state index contributed by atoms with van der Waals surface area (Å²) in [5.74, 6) is 1.11. The Kier molecular flexibility index (Phi) is 3.08. The van der Waals surface area contributed by atoms with Gasteiger partial charge in [0, 0.05) is 6.54 Å². The molecule has 4 heteroatoms. The van der Waals surface area contributed by atoms with Gasteiger partial charge < -0.3 is 14.8 Å². The minimum absolute atomic E-state index is 0.0539. The van der Waals surface area contributed by atoms with Crippen molar-refractivity contribution in [2.24, 2.45) is 0 Å². The zero-order valence-electron chi connectivity index (χ0n) is 7.76. The van der Waals surface area contributed by atoms with Crippen LogP contribution >= 0.6 is 0 Å². The molecule has 0 spiro atoms. The van der Waals surface area contributed by atoms with Crippen LogP contribution in [0.4, 0.5) is 0 Å². The van der Waals surface area contributed by atoms with Gasteiger partial charge in [0.25, 0.3) is 5.91 Å². The lowest BCUT2D eigenvalue weighted by molar-refractivity contribution is 0.0943. The van der Waals surface area contributed by atoms with E-state index >= 15 is 0 Å². The van der Waals surface area contributed by atoms with Crippen LogP contribution in [0.25, 0.3) is 0 Å². The lowest BCUT2D eigenvalue weighted by Gasteiger charge is -2.00.